The summed E-state index contributed by atoms with van der Waals surface area (Å²) in [6.45, 7) is 3.84. The zero-order valence-electron chi connectivity index (χ0n) is 18.3. The van der Waals surface area contributed by atoms with E-state index in [0.29, 0.717) is 22.7 Å². The minimum Gasteiger partial charge on any atom is -0.337 e. The van der Waals surface area contributed by atoms with Crippen LogP contribution in [0, 0.1) is 6.92 Å². The Balaban J connectivity index is 1.56. The monoisotopic (exact) mass is 442 g/mol. The minimum atomic E-state index is -0.284. The number of nitrogens with zero attached hydrogens (tertiary/aromatic N) is 5. The largest absolute Gasteiger partial charge is 0.337 e. The summed E-state index contributed by atoms with van der Waals surface area (Å²) in [5.74, 6) is 0.574. The summed E-state index contributed by atoms with van der Waals surface area (Å²) in [5.41, 5.74) is 3.24. The van der Waals surface area contributed by atoms with E-state index in [1.54, 1.807) is 11.5 Å². The summed E-state index contributed by atoms with van der Waals surface area (Å²) in [6, 6.07) is 15.3. The zero-order valence-corrected chi connectivity index (χ0v) is 18.3. The number of hydrogen-bond donors (Lipinski definition) is 1. The molecule has 1 N–H and O–H groups in total. The van der Waals surface area contributed by atoms with E-state index in [0.717, 1.165) is 28.6 Å². The summed E-state index contributed by atoms with van der Waals surface area (Å²) in [7, 11) is 0. The van der Waals surface area contributed by atoms with Crippen LogP contribution < -0.4 is 10.9 Å². The molecule has 0 aliphatic heterocycles. The fourth-order valence-electron chi connectivity index (χ4n) is 3.99. The minimum absolute atomic E-state index is 0.0268. The number of aromatic nitrogens is 5. The summed E-state index contributed by atoms with van der Waals surface area (Å²) in [4.78, 5) is 35.1. The van der Waals surface area contributed by atoms with Crippen molar-refractivity contribution in [3.8, 4) is 0 Å². The van der Waals surface area contributed by atoms with E-state index in [1.165, 1.54) is 10.9 Å². The van der Waals surface area contributed by atoms with Crippen LogP contribution >= 0.6 is 0 Å². The normalized spacial score (nSPS) is 11.3. The molecule has 2 aromatic carbocycles. The van der Waals surface area contributed by atoms with Crippen molar-refractivity contribution in [2.75, 3.05) is 5.32 Å². The molecule has 9 nitrogen and oxygen atoms in total. The van der Waals surface area contributed by atoms with Crippen molar-refractivity contribution in [3.63, 3.8) is 0 Å². The van der Waals surface area contributed by atoms with Crippen molar-refractivity contribution >= 4 is 33.5 Å². The Kier molecular flexibility index (Phi) is 5.21. The molecule has 33 heavy (non-hydrogen) atoms. The predicted molar refractivity (Wildman–Crippen MR) is 124 cm³/mol. The second kappa shape index (κ2) is 8.34. The van der Waals surface area contributed by atoms with Crippen LogP contribution in [0.4, 0.5) is 5.69 Å². The van der Waals surface area contributed by atoms with Gasteiger partial charge in [-0.25, -0.2) is 4.98 Å². The molecule has 0 fully saturated rings. The van der Waals surface area contributed by atoms with Gasteiger partial charge in [-0.2, -0.15) is 4.98 Å². The highest BCUT2D eigenvalue weighted by Gasteiger charge is 2.19. The highest BCUT2D eigenvalue weighted by atomic mass is 16.5. The predicted octanol–water partition coefficient (Wildman–Crippen LogP) is 3.29. The van der Waals surface area contributed by atoms with Gasteiger partial charge in [0.1, 0.15) is 24.1 Å². The number of nitrogens with one attached hydrogen (secondary N) is 1. The van der Waals surface area contributed by atoms with E-state index in [2.05, 4.69) is 27.4 Å². The van der Waals surface area contributed by atoms with Crippen molar-refractivity contribution in [2.24, 2.45) is 0 Å². The van der Waals surface area contributed by atoms with Crippen LogP contribution in [0.3, 0.4) is 0 Å². The van der Waals surface area contributed by atoms with E-state index >= 15 is 0 Å². The Morgan fingerprint density at radius 3 is 2.79 bits per heavy atom. The van der Waals surface area contributed by atoms with Crippen molar-refractivity contribution in [1.29, 1.82) is 0 Å². The van der Waals surface area contributed by atoms with E-state index in [4.69, 9.17) is 4.52 Å². The fourth-order valence-corrected chi connectivity index (χ4v) is 3.99. The highest BCUT2D eigenvalue weighted by molar-refractivity contribution is 6.06. The molecule has 0 atom stereocenters. The quantitative estimate of drug-likeness (QED) is 0.432. The molecule has 0 aliphatic rings. The van der Waals surface area contributed by atoms with Gasteiger partial charge in [0.15, 0.2) is 5.82 Å². The van der Waals surface area contributed by atoms with Gasteiger partial charge in [-0.3, -0.25) is 14.2 Å². The molecule has 0 saturated heterocycles. The van der Waals surface area contributed by atoms with Gasteiger partial charge in [-0.15, -0.1) is 0 Å². The van der Waals surface area contributed by atoms with Crippen molar-refractivity contribution < 1.29 is 9.32 Å². The Bertz CT molecular complexity index is 1550. The van der Waals surface area contributed by atoms with Gasteiger partial charge in [-0.05, 0) is 37.1 Å². The van der Waals surface area contributed by atoms with Gasteiger partial charge in [-0.1, -0.05) is 42.4 Å². The summed E-state index contributed by atoms with van der Waals surface area (Å²) in [6.07, 6.45) is 2.35. The maximum atomic E-state index is 13.4. The van der Waals surface area contributed by atoms with Crippen LogP contribution in [0.1, 0.15) is 24.2 Å². The first-order valence-corrected chi connectivity index (χ1v) is 10.7. The van der Waals surface area contributed by atoms with Gasteiger partial charge in [0.2, 0.25) is 11.8 Å². The first kappa shape index (κ1) is 20.6. The topological polar surface area (TPSA) is 108 Å². The number of carbonyl (C=O) groups is 1. The van der Waals surface area contributed by atoms with Crippen LogP contribution in [0.5, 0.6) is 0 Å². The van der Waals surface area contributed by atoms with Crippen LogP contribution in [-0.2, 0) is 24.3 Å². The lowest BCUT2D eigenvalue weighted by molar-refractivity contribution is -0.116. The fraction of sp³-hybridized carbons (Fsp3) is 0.208. The molecule has 9 heteroatoms. The maximum absolute atomic E-state index is 13.4. The molecular formula is C24H22N6O3. The number of anilines is 1. The Morgan fingerprint density at radius 2 is 2.00 bits per heavy atom. The van der Waals surface area contributed by atoms with Gasteiger partial charge in [0, 0.05) is 11.1 Å². The molecular weight excluding hydrogens is 420 g/mol. The molecule has 166 valence electrons. The third-order valence-corrected chi connectivity index (χ3v) is 5.53. The first-order valence-electron chi connectivity index (χ1n) is 10.7. The Hall–Kier alpha value is -4.27. The van der Waals surface area contributed by atoms with Crippen LogP contribution in [-0.4, -0.2) is 30.2 Å². The van der Waals surface area contributed by atoms with Crippen LogP contribution in [0.25, 0.3) is 21.9 Å². The van der Waals surface area contributed by atoms with Gasteiger partial charge < -0.3 is 14.4 Å². The summed E-state index contributed by atoms with van der Waals surface area (Å²) >= 11 is 0. The van der Waals surface area contributed by atoms with Gasteiger partial charge >= 0.3 is 0 Å². The number of para-hydroxylation sites is 1. The van der Waals surface area contributed by atoms with E-state index in [9.17, 15) is 9.59 Å². The molecule has 0 bridgehead atoms. The molecule has 5 aromatic rings. The molecule has 1 amide bonds. The third-order valence-electron chi connectivity index (χ3n) is 5.53. The molecule has 0 saturated carbocycles. The second-order valence-corrected chi connectivity index (χ2v) is 7.82. The first-order chi connectivity index (χ1) is 16.0. The number of carbonyl (C=O) groups excluding carboxylic acids is 1. The van der Waals surface area contributed by atoms with Crippen molar-refractivity contribution in [2.45, 2.75) is 33.4 Å². The average Bonchev–Trinajstić information content (AvgIpc) is 3.37. The lowest BCUT2D eigenvalue weighted by Gasteiger charge is -2.10. The smallest absolute Gasteiger partial charge is 0.278 e. The zero-order chi connectivity index (χ0) is 22.9. The third kappa shape index (κ3) is 3.89. The van der Waals surface area contributed by atoms with E-state index in [1.807, 2.05) is 48.5 Å². The molecule has 0 aliphatic carbocycles. The number of amides is 1. The molecule has 3 aromatic heterocycles. The number of rotatable bonds is 6. The van der Waals surface area contributed by atoms with Crippen molar-refractivity contribution in [1.82, 2.24) is 24.3 Å². The van der Waals surface area contributed by atoms with Crippen molar-refractivity contribution in [3.05, 3.63) is 82.5 Å². The molecule has 3 heterocycles. The molecule has 0 unspecified atom stereocenters. The summed E-state index contributed by atoms with van der Waals surface area (Å²) in [5, 5.41) is 7.52. The second-order valence-electron chi connectivity index (χ2n) is 7.82. The van der Waals surface area contributed by atoms with E-state index in [-0.39, 0.29) is 24.6 Å². The number of aryl methyl sites for hydroxylation is 2. The van der Waals surface area contributed by atoms with Crippen LogP contribution in [0.2, 0.25) is 0 Å². The number of hydrogen-bond acceptors (Lipinski definition) is 6. The molecule has 5 rings (SSSR count). The molecule has 0 spiro atoms. The standard InChI is InChI=1S/C24H22N6O3/c1-3-16-7-6-8-17(11-16)27-20(31)12-30-19-10-5-4-9-18(19)22-23(30)24(32)29(14-25-22)13-21-26-15(2)28-33-21/h4-11,14H,3,12-13H2,1-2H3,(H,27,31). The maximum Gasteiger partial charge on any atom is 0.278 e. The average molecular weight is 442 g/mol. The SMILES string of the molecule is CCc1cccc(NC(=O)Cn2c3ccccc3c3ncn(Cc4nc(C)no4)c(=O)c32)c1. The van der Waals surface area contributed by atoms with Gasteiger partial charge in [0.25, 0.3) is 5.56 Å². The Labute approximate surface area is 188 Å². The lowest BCUT2D eigenvalue weighted by atomic mass is 10.1. The van der Waals surface area contributed by atoms with Gasteiger partial charge in [0.05, 0.1) is 11.8 Å². The highest BCUT2D eigenvalue weighted by Crippen LogP contribution is 2.25. The van der Waals surface area contributed by atoms with Crippen LogP contribution in [0.15, 0.2) is 64.2 Å². The number of fused-ring (bicyclic) bond motifs is 3. The molecule has 0 radical (unpaired) electrons. The summed E-state index contributed by atoms with van der Waals surface area (Å²) < 4.78 is 8.28. The lowest BCUT2D eigenvalue weighted by Crippen LogP contribution is -2.25. The number of benzene rings is 2. The Morgan fingerprint density at radius 1 is 1.15 bits per heavy atom. The van der Waals surface area contributed by atoms with E-state index < -0.39 is 0 Å².